The van der Waals surface area contributed by atoms with E-state index in [0.717, 1.165) is 20.2 Å². The van der Waals surface area contributed by atoms with Gasteiger partial charge in [-0.15, -0.1) is 0 Å². The topological polar surface area (TPSA) is 73.8 Å². The molecule has 4 aromatic rings. The van der Waals surface area contributed by atoms with Crippen LogP contribution < -0.4 is 16.6 Å². The van der Waals surface area contributed by atoms with Gasteiger partial charge in [0.2, 0.25) is 0 Å². The average molecular weight is 468 g/mol. The van der Waals surface area contributed by atoms with Gasteiger partial charge in [0, 0.05) is 31.7 Å². The van der Waals surface area contributed by atoms with Gasteiger partial charge < -0.3 is 9.88 Å². The molecule has 30 heavy (non-hydrogen) atoms. The van der Waals surface area contributed by atoms with Crippen LogP contribution in [0.15, 0.2) is 75.0 Å². The number of hydrogen-bond acceptors (Lipinski definition) is 4. The number of fused-ring (bicyclic) bond motifs is 1. The van der Waals surface area contributed by atoms with Crippen LogP contribution in [0.25, 0.3) is 11.2 Å². The number of hydrogen-bond donors (Lipinski definition) is 1. The van der Waals surface area contributed by atoms with Crippen LogP contribution in [0.3, 0.4) is 0 Å². The van der Waals surface area contributed by atoms with Gasteiger partial charge in [0.1, 0.15) is 0 Å². The van der Waals surface area contributed by atoms with Crippen molar-refractivity contribution < 1.29 is 0 Å². The highest BCUT2D eigenvalue weighted by Gasteiger charge is 2.16. The highest BCUT2D eigenvalue weighted by molar-refractivity contribution is 9.10. The summed E-state index contributed by atoms with van der Waals surface area (Å²) in [6.07, 6.45) is 1.62. The predicted octanol–water partition coefficient (Wildman–Crippen LogP) is 2.58. The summed E-state index contributed by atoms with van der Waals surface area (Å²) in [5, 5.41) is 3.59. The average Bonchev–Trinajstić information content (AvgIpc) is 3.19. The van der Waals surface area contributed by atoms with Crippen molar-refractivity contribution in [1.29, 1.82) is 0 Å². The van der Waals surface area contributed by atoms with Crippen molar-refractivity contribution in [3.8, 4) is 0 Å². The smallest absolute Gasteiger partial charge is 0.323 e. The van der Waals surface area contributed by atoms with E-state index >= 15 is 0 Å². The van der Waals surface area contributed by atoms with Crippen LogP contribution in [0, 0.1) is 0 Å². The SMILES string of the molecule is Cn1c(=O)c2c(ncn2CCNC(c2ccccc2)c2ccc(Br)cc2)n(C)c1=O. The normalized spacial score (nSPS) is 12.4. The van der Waals surface area contributed by atoms with E-state index in [1.807, 2.05) is 30.3 Å². The van der Waals surface area contributed by atoms with Crippen molar-refractivity contribution in [2.45, 2.75) is 12.6 Å². The summed E-state index contributed by atoms with van der Waals surface area (Å²) in [7, 11) is 3.11. The van der Waals surface area contributed by atoms with Crippen LogP contribution in [0.4, 0.5) is 0 Å². The minimum Gasteiger partial charge on any atom is -0.323 e. The molecule has 0 aliphatic carbocycles. The predicted molar refractivity (Wildman–Crippen MR) is 121 cm³/mol. The van der Waals surface area contributed by atoms with E-state index in [0.29, 0.717) is 24.3 Å². The standard InChI is InChI=1S/C22H22BrN5O2/c1-26-20-19(21(29)27(2)22(26)30)28(14-25-20)13-12-24-18(15-6-4-3-5-7-15)16-8-10-17(23)11-9-16/h3-11,14,18,24H,12-13H2,1-2H3. The summed E-state index contributed by atoms with van der Waals surface area (Å²) in [6, 6.07) is 18.5. The van der Waals surface area contributed by atoms with Crippen LogP contribution >= 0.6 is 15.9 Å². The van der Waals surface area contributed by atoms with E-state index in [4.69, 9.17) is 0 Å². The molecule has 0 aliphatic heterocycles. The molecule has 2 aromatic heterocycles. The Morgan fingerprint density at radius 2 is 1.63 bits per heavy atom. The molecule has 2 heterocycles. The maximum absolute atomic E-state index is 12.6. The van der Waals surface area contributed by atoms with Crippen LogP contribution in [-0.2, 0) is 20.6 Å². The summed E-state index contributed by atoms with van der Waals surface area (Å²) < 4.78 is 5.34. The van der Waals surface area contributed by atoms with Crippen molar-refractivity contribution in [2.75, 3.05) is 6.54 Å². The fourth-order valence-electron chi connectivity index (χ4n) is 3.62. The lowest BCUT2D eigenvalue weighted by Crippen LogP contribution is -2.37. The maximum atomic E-state index is 12.6. The molecule has 8 heteroatoms. The molecule has 0 aliphatic rings. The number of halogens is 1. The van der Waals surface area contributed by atoms with Crippen LogP contribution in [-0.4, -0.2) is 25.2 Å². The second kappa shape index (κ2) is 8.41. The van der Waals surface area contributed by atoms with Gasteiger partial charge in [-0.1, -0.05) is 58.4 Å². The Balaban J connectivity index is 1.61. The third-order valence-corrected chi connectivity index (χ3v) is 5.78. The number of aromatic nitrogens is 4. The minimum atomic E-state index is -0.379. The van der Waals surface area contributed by atoms with Crippen LogP contribution in [0.1, 0.15) is 17.2 Å². The largest absolute Gasteiger partial charge is 0.332 e. The Bertz CT molecular complexity index is 1290. The number of benzene rings is 2. The molecule has 0 radical (unpaired) electrons. The lowest BCUT2D eigenvalue weighted by atomic mass is 9.99. The van der Waals surface area contributed by atoms with E-state index in [1.165, 1.54) is 11.6 Å². The lowest BCUT2D eigenvalue weighted by molar-refractivity contribution is 0.555. The third-order valence-electron chi connectivity index (χ3n) is 5.25. The number of nitrogens with one attached hydrogen (secondary N) is 1. The fraction of sp³-hybridized carbons (Fsp3) is 0.227. The molecule has 1 atom stereocenters. The molecule has 0 saturated carbocycles. The van der Waals surface area contributed by atoms with Gasteiger partial charge in [-0.25, -0.2) is 9.78 Å². The molecular weight excluding hydrogens is 446 g/mol. The Hall–Kier alpha value is -2.97. The summed E-state index contributed by atoms with van der Waals surface area (Å²) in [4.78, 5) is 29.0. The molecule has 7 nitrogen and oxygen atoms in total. The molecule has 4 rings (SSSR count). The molecular formula is C22H22BrN5O2. The van der Waals surface area contributed by atoms with Gasteiger partial charge in [-0.3, -0.25) is 13.9 Å². The Morgan fingerprint density at radius 3 is 2.33 bits per heavy atom. The van der Waals surface area contributed by atoms with Crippen LogP contribution in [0.5, 0.6) is 0 Å². The summed E-state index contributed by atoms with van der Waals surface area (Å²) in [5.41, 5.74) is 2.43. The van der Waals surface area contributed by atoms with Gasteiger partial charge >= 0.3 is 5.69 Å². The molecule has 2 aromatic carbocycles. The zero-order chi connectivity index (χ0) is 21.3. The van der Waals surface area contributed by atoms with Crippen molar-refractivity contribution >= 4 is 27.1 Å². The summed E-state index contributed by atoms with van der Waals surface area (Å²) >= 11 is 3.49. The van der Waals surface area contributed by atoms with E-state index < -0.39 is 0 Å². The second-order valence-electron chi connectivity index (χ2n) is 7.17. The fourth-order valence-corrected chi connectivity index (χ4v) is 3.89. The minimum absolute atomic E-state index is 0.0151. The Morgan fingerprint density at radius 1 is 0.967 bits per heavy atom. The number of aryl methyl sites for hydroxylation is 1. The van der Waals surface area contributed by atoms with Crippen molar-refractivity contribution in [2.24, 2.45) is 14.1 Å². The Labute approximate surface area is 181 Å². The van der Waals surface area contributed by atoms with Gasteiger partial charge in [0.15, 0.2) is 11.2 Å². The first-order chi connectivity index (χ1) is 14.5. The van der Waals surface area contributed by atoms with Crippen molar-refractivity contribution in [3.63, 3.8) is 0 Å². The molecule has 0 saturated heterocycles. The highest BCUT2D eigenvalue weighted by Crippen LogP contribution is 2.23. The maximum Gasteiger partial charge on any atom is 0.332 e. The van der Waals surface area contributed by atoms with E-state index in [1.54, 1.807) is 17.9 Å². The third kappa shape index (κ3) is 3.76. The summed E-state index contributed by atoms with van der Waals surface area (Å²) in [6.45, 7) is 1.16. The van der Waals surface area contributed by atoms with E-state index in [9.17, 15) is 9.59 Å². The second-order valence-corrected chi connectivity index (χ2v) is 8.08. The molecule has 154 valence electrons. The molecule has 0 fully saturated rings. The van der Waals surface area contributed by atoms with E-state index in [2.05, 4.69) is 50.5 Å². The number of rotatable bonds is 6. The van der Waals surface area contributed by atoms with Gasteiger partial charge in [0.25, 0.3) is 5.56 Å². The summed E-state index contributed by atoms with van der Waals surface area (Å²) in [5.74, 6) is 0. The van der Waals surface area contributed by atoms with Crippen molar-refractivity contribution in [1.82, 2.24) is 24.0 Å². The molecule has 0 bridgehead atoms. The zero-order valence-corrected chi connectivity index (χ0v) is 18.3. The molecule has 0 amide bonds. The highest BCUT2D eigenvalue weighted by atomic mass is 79.9. The lowest BCUT2D eigenvalue weighted by Gasteiger charge is -2.20. The van der Waals surface area contributed by atoms with E-state index in [-0.39, 0.29) is 17.3 Å². The first-order valence-electron chi connectivity index (χ1n) is 9.62. The van der Waals surface area contributed by atoms with Crippen molar-refractivity contribution in [3.05, 3.63) is 97.4 Å². The monoisotopic (exact) mass is 467 g/mol. The van der Waals surface area contributed by atoms with Crippen LogP contribution in [0.2, 0.25) is 0 Å². The van der Waals surface area contributed by atoms with Gasteiger partial charge in [-0.2, -0.15) is 0 Å². The number of imidazole rings is 1. The first-order valence-corrected chi connectivity index (χ1v) is 10.4. The first kappa shape index (κ1) is 20.3. The quantitative estimate of drug-likeness (QED) is 0.472. The van der Waals surface area contributed by atoms with Gasteiger partial charge in [0.05, 0.1) is 12.4 Å². The van der Waals surface area contributed by atoms with Gasteiger partial charge in [-0.05, 0) is 23.3 Å². The zero-order valence-electron chi connectivity index (χ0n) is 16.7. The molecule has 0 spiro atoms. The number of nitrogens with zero attached hydrogens (tertiary/aromatic N) is 4. The Kier molecular flexibility index (Phi) is 5.69. The molecule has 1 N–H and O–H groups in total. The molecule has 1 unspecified atom stereocenters.